The van der Waals surface area contributed by atoms with Gasteiger partial charge in [0.1, 0.15) is 6.61 Å². The monoisotopic (exact) mass is 303 g/mol. The summed E-state index contributed by atoms with van der Waals surface area (Å²) in [5.41, 5.74) is 7.18. The normalized spacial score (nSPS) is 15.8. The number of hydrogen-bond donors (Lipinski definition) is 1. The number of rotatable bonds is 4. The summed E-state index contributed by atoms with van der Waals surface area (Å²) in [5.74, 6) is 0.700. The second-order valence-corrected chi connectivity index (χ2v) is 4.77. The predicted molar refractivity (Wildman–Crippen MR) is 78.9 cm³/mol. The molecule has 116 valence electrons. The SMILES string of the molecule is Nc1nonc1/C(=N/OCc1ccccc1)N1CCOCC1. The van der Waals surface area contributed by atoms with E-state index >= 15 is 0 Å². The molecule has 1 saturated heterocycles. The zero-order chi connectivity index (χ0) is 15.2. The Labute approximate surface area is 127 Å². The number of benzene rings is 1. The largest absolute Gasteiger partial charge is 0.389 e. The number of anilines is 1. The number of hydrogen-bond acceptors (Lipinski definition) is 7. The number of nitrogens with zero attached hydrogens (tertiary/aromatic N) is 4. The van der Waals surface area contributed by atoms with E-state index in [0.717, 1.165) is 5.56 Å². The third-order valence-corrected chi connectivity index (χ3v) is 3.26. The molecule has 0 atom stereocenters. The van der Waals surface area contributed by atoms with Gasteiger partial charge in [-0.05, 0) is 15.9 Å². The topological polar surface area (TPSA) is 99.0 Å². The van der Waals surface area contributed by atoms with Crippen molar-refractivity contribution in [3.8, 4) is 0 Å². The molecule has 2 heterocycles. The summed E-state index contributed by atoms with van der Waals surface area (Å²) in [7, 11) is 0. The van der Waals surface area contributed by atoms with Crippen molar-refractivity contribution < 1.29 is 14.2 Å². The predicted octanol–water partition coefficient (Wildman–Crippen LogP) is 0.862. The van der Waals surface area contributed by atoms with Crippen LogP contribution in [0.3, 0.4) is 0 Å². The minimum Gasteiger partial charge on any atom is -0.389 e. The van der Waals surface area contributed by atoms with Gasteiger partial charge in [0, 0.05) is 13.1 Å². The maximum Gasteiger partial charge on any atom is 0.201 e. The summed E-state index contributed by atoms with van der Waals surface area (Å²) in [4.78, 5) is 7.44. The first-order valence-electron chi connectivity index (χ1n) is 6.99. The summed E-state index contributed by atoms with van der Waals surface area (Å²) in [6.45, 7) is 2.95. The average Bonchev–Trinajstić information content (AvgIpc) is 2.99. The summed E-state index contributed by atoms with van der Waals surface area (Å²) < 4.78 is 10.0. The number of aromatic nitrogens is 2. The van der Waals surface area contributed by atoms with Crippen LogP contribution in [0, 0.1) is 0 Å². The van der Waals surface area contributed by atoms with Crippen LogP contribution >= 0.6 is 0 Å². The molecule has 8 nitrogen and oxygen atoms in total. The standard InChI is InChI=1S/C14H17N5O3/c15-13-12(16-22-17-13)14(19-6-8-20-9-7-19)18-21-10-11-4-2-1-3-5-11/h1-5H,6-10H2,(H2,15,17)/b18-14-. The van der Waals surface area contributed by atoms with Crippen LogP contribution in [-0.4, -0.2) is 47.4 Å². The van der Waals surface area contributed by atoms with E-state index in [1.54, 1.807) is 0 Å². The molecule has 0 amide bonds. The Kier molecular flexibility index (Phi) is 4.50. The van der Waals surface area contributed by atoms with E-state index in [4.69, 9.17) is 15.3 Å². The Morgan fingerprint density at radius 3 is 2.68 bits per heavy atom. The third-order valence-electron chi connectivity index (χ3n) is 3.26. The van der Waals surface area contributed by atoms with E-state index in [1.807, 2.05) is 35.2 Å². The molecule has 0 bridgehead atoms. The molecule has 2 aromatic rings. The van der Waals surface area contributed by atoms with Crippen molar-refractivity contribution in [1.82, 2.24) is 15.2 Å². The number of oxime groups is 1. The summed E-state index contributed by atoms with van der Waals surface area (Å²) in [6, 6.07) is 9.79. The smallest absolute Gasteiger partial charge is 0.201 e. The van der Waals surface area contributed by atoms with Crippen LogP contribution in [0.2, 0.25) is 0 Å². The highest BCUT2D eigenvalue weighted by atomic mass is 16.6. The van der Waals surface area contributed by atoms with Gasteiger partial charge in [0.15, 0.2) is 11.5 Å². The molecular formula is C14H17N5O3. The Morgan fingerprint density at radius 2 is 2.00 bits per heavy atom. The van der Waals surface area contributed by atoms with Gasteiger partial charge in [0.05, 0.1) is 13.2 Å². The van der Waals surface area contributed by atoms with Crippen LogP contribution in [0.25, 0.3) is 0 Å². The highest BCUT2D eigenvalue weighted by Gasteiger charge is 2.23. The summed E-state index contributed by atoms with van der Waals surface area (Å²) in [6.07, 6.45) is 0. The zero-order valence-corrected chi connectivity index (χ0v) is 12.0. The van der Waals surface area contributed by atoms with Crippen molar-refractivity contribution in [2.24, 2.45) is 5.16 Å². The van der Waals surface area contributed by atoms with Crippen LogP contribution in [0.15, 0.2) is 40.1 Å². The molecule has 0 saturated carbocycles. The molecule has 1 fully saturated rings. The number of nitrogens with two attached hydrogens (primary N) is 1. The van der Waals surface area contributed by atoms with Gasteiger partial charge in [-0.15, -0.1) is 0 Å². The van der Waals surface area contributed by atoms with Crippen molar-refractivity contribution in [2.75, 3.05) is 32.0 Å². The lowest BCUT2D eigenvalue weighted by molar-refractivity contribution is 0.0630. The van der Waals surface area contributed by atoms with Gasteiger partial charge < -0.3 is 20.2 Å². The van der Waals surface area contributed by atoms with Gasteiger partial charge in [-0.3, -0.25) is 0 Å². The molecular weight excluding hydrogens is 286 g/mol. The Hall–Kier alpha value is -2.61. The second-order valence-electron chi connectivity index (χ2n) is 4.77. The maximum atomic E-state index is 5.77. The molecule has 0 aliphatic carbocycles. The van der Waals surface area contributed by atoms with Gasteiger partial charge in [-0.25, -0.2) is 4.63 Å². The fourth-order valence-electron chi connectivity index (χ4n) is 2.12. The number of nitrogen functional groups attached to an aromatic ring is 1. The molecule has 1 aliphatic heterocycles. The zero-order valence-electron chi connectivity index (χ0n) is 12.0. The van der Waals surface area contributed by atoms with Gasteiger partial charge in [0.25, 0.3) is 0 Å². The van der Waals surface area contributed by atoms with E-state index in [0.29, 0.717) is 44.4 Å². The van der Waals surface area contributed by atoms with Crippen molar-refractivity contribution >= 4 is 11.7 Å². The average molecular weight is 303 g/mol. The van der Waals surface area contributed by atoms with Crippen molar-refractivity contribution in [3.63, 3.8) is 0 Å². The van der Waals surface area contributed by atoms with Gasteiger partial charge in [-0.1, -0.05) is 35.5 Å². The van der Waals surface area contributed by atoms with Gasteiger partial charge >= 0.3 is 0 Å². The Morgan fingerprint density at radius 1 is 1.23 bits per heavy atom. The maximum absolute atomic E-state index is 5.77. The van der Waals surface area contributed by atoms with Gasteiger partial charge in [0.2, 0.25) is 5.84 Å². The molecule has 3 rings (SSSR count). The van der Waals surface area contributed by atoms with Crippen molar-refractivity contribution in [3.05, 3.63) is 41.6 Å². The first-order chi connectivity index (χ1) is 10.8. The number of morpholine rings is 1. The molecule has 1 aromatic heterocycles. The molecule has 1 aromatic carbocycles. The molecule has 22 heavy (non-hydrogen) atoms. The lowest BCUT2D eigenvalue weighted by atomic mass is 10.2. The van der Waals surface area contributed by atoms with E-state index in [1.165, 1.54) is 0 Å². The number of ether oxygens (including phenoxy) is 1. The summed E-state index contributed by atoms with van der Waals surface area (Å²) >= 11 is 0. The lowest BCUT2D eigenvalue weighted by Crippen LogP contribution is -2.41. The third kappa shape index (κ3) is 3.34. The van der Waals surface area contributed by atoms with E-state index in [-0.39, 0.29) is 5.82 Å². The van der Waals surface area contributed by atoms with Crippen molar-refractivity contribution in [2.45, 2.75) is 6.61 Å². The van der Waals surface area contributed by atoms with Crippen LogP contribution in [0.4, 0.5) is 5.82 Å². The van der Waals surface area contributed by atoms with Crippen LogP contribution in [0.5, 0.6) is 0 Å². The molecule has 0 spiro atoms. The number of amidine groups is 1. The lowest BCUT2D eigenvalue weighted by Gasteiger charge is -2.28. The molecule has 0 unspecified atom stereocenters. The summed E-state index contributed by atoms with van der Waals surface area (Å²) in [5, 5.41) is 11.6. The van der Waals surface area contributed by atoms with E-state index in [2.05, 4.69) is 20.1 Å². The van der Waals surface area contributed by atoms with Crippen LogP contribution in [-0.2, 0) is 16.2 Å². The second kappa shape index (κ2) is 6.90. The van der Waals surface area contributed by atoms with Gasteiger partial charge in [-0.2, -0.15) is 0 Å². The molecule has 2 N–H and O–H groups in total. The highest BCUT2D eigenvalue weighted by Crippen LogP contribution is 2.12. The van der Waals surface area contributed by atoms with Crippen molar-refractivity contribution in [1.29, 1.82) is 0 Å². The highest BCUT2D eigenvalue weighted by molar-refractivity contribution is 6.00. The van der Waals surface area contributed by atoms with E-state index < -0.39 is 0 Å². The Balaban J connectivity index is 1.75. The van der Waals surface area contributed by atoms with E-state index in [9.17, 15) is 0 Å². The minimum atomic E-state index is 0.188. The molecule has 1 aliphatic rings. The molecule has 8 heteroatoms. The van der Waals surface area contributed by atoms with Crippen LogP contribution in [0.1, 0.15) is 11.3 Å². The Bertz CT molecular complexity index is 622. The quantitative estimate of drug-likeness (QED) is 0.508. The molecule has 0 radical (unpaired) electrons. The minimum absolute atomic E-state index is 0.188. The first kappa shape index (κ1) is 14.3. The fraction of sp³-hybridized carbons (Fsp3) is 0.357. The first-order valence-corrected chi connectivity index (χ1v) is 6.99. The fourth-order valence-corrected chi connectivity index (χ4v) is 2.12. The van der Waals surface area contributed by atoms with Crippen LogP contribution < -0.4 is 5.73 Å².